The van der Waals surface area contributed by atoms with Crippen molar-refractivity contribution in [2.24, 2.45) is 4.99 Å². The topological polar surface area (TPSA) is 15.6 Å². The lowest BCUT2D eigenvalue weighted by Gasteiger charge is -2.27. The summed E-state index contributed by atoms with van der Waals surface area (Å²) in [5.41, 5.74) is 3.21. The van der Waals surface area contributed by atoms with E-state index in [0.717, 1.165) is 27.0 Å². The number of nitrogens with zero attached hydrogens (tertiary/aromatic N) is 2. The van der Waals surface area contributed by atoms with Gasteiger partial charge in [0.15, 0.2) is 0 Å². The molecule has 1 heterocycles. The standard InChI is InChI=1S/C14H10Cl2N2/c15-11-1-4-13(5-2-11)18-9-17-8-10-7-12(16)3-6-14(10)18/h1-8H,9H2. The molecule has 0 spiro atoms. The van der Waals surface area contributed by atoms with Gasteiger partial charge in [-0.15, -0.1) is 0 Å². The van der Waals surface area contributed by atoms with Gasteiger partial charge in [-0.05, 0) is 42.5 Å². The fourth-order valence-corrected chi connectivity index (χ4v) is 2.32. The highest BCUT2D eigenvalue weighted by molar-refractivity contribution is 6.31. The molecule has 2 aromatic rings. The van der Waals surface area contributed by atoms with Crippen LogP contribution >= 0.6 is 23.2 Å². The fraction of sp³-hybridized carbons (Fsp3) is 0.0714. The van der Waals surface area contributed by atoms with E-state index in [9.17, 15) is 0 Å². The Bertz CT molecular complexity index is 606. The van der Waals surface area contributed by atoms with E-state index >= 15 is 0 Å². The number of anilines is 2. The number of fused-ring (bicyclic) bond motifs is 1. The van der Waals surface area contributed by atoms with Crippen molar-refractivity contribution in [3.8, 4) is 0 Å². The van der Waals surface area contributed by atoms with Crippen LogP contribution in [0, 0.1) is 0 Å². The maximum Gasteiger partial charge on any atom is 0.114 e. The Morgan fingerprint density at radius 2 is 1.67 bits per heavy atom. The van der Waals surface area contributed by atoms with E-state index in [2.05, 4.69) is 9.89 Å². The minimum atomic E-state index is 0.607. The van der Waals surface area contributed by atoms with Crippen LogP contribution in [-0.4, -0.2) is 12.9 Å². The zero-order valence-electron chi connectivity index (χ0n) is 9.48. The van der Waals surface area contributed by atoms with E-state index in [0.29, 0.717) is 6.67 Å². The molecule has 0 aliphatic carbocycles. The van der Waals surface area contributed by atoms with Crippen molar-refractivity contribution in [1.29, 1.82) is 0 Å². The van der Waals surface area contributed by atoms with Gasteiger partial charge in [-0.2, -0.15) is 0 Å². The minimum Gasteiger partial charge on any atom is -0.321 e. The van der Waals surface area contributed by atoms with Gasteiger partial charge in [0.25, 0.3) is 0 Å². The Morgan fingerprint density at radius 3 is 2.44 bits per heavy atom. The van der Waals surface area contributed by atoms with Gasteiger partial charge in [0.05, 0.1) is 5.69 Å². The molecule has 0 atom stereocenters. The number of aliphatic imine (C=N–C) groups is 1. The summed E-state index contributed by atoms with van der Waals surface area (Å²) in [6, 6.07) is 13.6. The van der Waals surface area contributed by atoms with Crippen LogP contribution in [0.15, 0.2) is 47.5 Å². The fourth-order valence-electron chi connectivity index (χ4n) is 2.01. The third-order valence-corrected chi connectivity index (χ3v) is 3.36. The molecule has 1 aliphatic rings. The Kier molecular flexibility index (Phi) is 2.98. The van der Waals surface area contributed by atoms with Crippen molar-refractivity contribution in [3.05, 3.63) is 58.1 Å². The second kappa shape index (κ2) is 4.63. The van der Waals surface area contributed by atoms with Gasteiger partial charge in [-0.25, -0.2) is 0 Å². The molecule has 18 heavy (non-hydrogen) atoms. The lowest BCUT2D eigenvalue weighted by Crippen LogP contribution is -2.21. The van der Waals surface area contributed by atoms with Gasteiger partial charge >= 0.3 is 0 Å². The molecule has 0 saturated carbocycles. The zero-order chi connectivity index (χ0) is 12.5. The molecule has 0 aromatic heterocycles. The van der Waals surface area contributed by atoms with Crippen LogP contribution in [0.4, 0.5) is 11.4 Å². The van der Waals surface area contributed by atoms with E-state index in [4.69, 9.17) is 23.2 Å². The van der Waals surface area contributed by atoms with Crippen molar-refractivity contribution in [2.45, 2.75) is 0 Å². The zero-order valence-corrected chi connectivity index (χ0v) is 11.0. The minimum absolute atomic E-state index is 0.607. The average molecular weight is 277 g/mol. The highest BCUT2D eigenvalue weighted by Gasteiger charge is 2.15. The molecule has 0 N–H and O–H groups in total. The number of hydrogen-bond acceptors (Lipinski definition) is 2. The molecule has 3 rings (SSSR count). The SMILES string of the molecule is Clc1ccc(N2CN=Cc3cc(Cl)ccc32)cc1. The maximum absolute atomic E-state index is 5.99. The molecule has 0 radical (unpaired) electrons. The smallest absolute Gasteiger partial charge is 0.114 e. The van der Waals surface area contributed by atoms with Gasteiger partial charge in [-0.1, -0.05) is 23.2 Å². The largest absolute Gasteiger partial charge is 0.321 e. The van der Waals surface area contributed by atoms with Crippen molar-refractivity contribution in [3.63, 3.8) is 0 Å². The lowest BCUT2D eigenvalue weighted by molar-refractivity contribution is 0.971. The molecule has 90 valence electrons. The first-order valence-corrected chi connectivity index (χ1v) is 6.32. The van der Waals surface area contributed by atoms with Crippen LogP contribution in [0.5, 0.6) is 0 Å². The summed E-state index contributed by atoms with van der Waals surface area (Å²) in [6.45, 7) is 0.607. The summed E-state index contributed by atoms with van der Waals surface area (Å²) in [5.74, 6) is 0. The summed E-state index contributed by atoms with van der Waals surface area (Å²) in [5, 5.41) is 1.45. The summed E-state index contributed by atoms with van der Waals surface area (Å²) in [4.78, 5) is 6.48. The number of benzene rings is 2. The highest BCUT2D eigenvalue weighted by atomic mass is 35.5. The second-order valence-corrected chi connectivity index (χ2v) is 4.93. The monoisotopic (exact) mass is 276 g/mol. The number of hydrogen-bond donors (Lipinski definition) is 0. The molecular weight excluding hydrogens is 267 g/mol. The Hall–Kier alpha value is -1.51. The van der Waals surface area contributed by atoms with E-state index in [-0.39, 0.29) is 0 Å². The highest BCUT2D eigenvalue weighted by Crippen LogP contribution is 2.32. The molecule has 2 aromatic carbocycles. The van der Waals surface area contributed by atoms with Crippen molar-refractivity contribution >= 4 is 40.8 Å². The van der Waals surface area contributed by atoms with Crippen LogP contribution < -0.4 is 4.90 Å². The average Bonchev–Trinajstić information content (AvgIpc) is 2.38. The Morgan fingerprint density at radius 1 is 0.944 bits per heavy atom. The summed E-state index contributed by atoms with van der Waals surface area (Å²) >= 11 is 11.9. The molecular formula is C14H10Cl2N2. The van der Waals surface area contributed by atoms with Crippen LogP contribution in [0.3, 0.4) is 0 Å². The van der Waals surface area contributed by atoms with Gasteiger partial charge in [0.2, 0.25) is 0 Å². The van der Waals surface area contributed by atoms with Gasteiger partial charge in [0.1, 0.15) is 6.67 Å². The lowest BCUT2D eigenvalue weighted by atomic mass is 10.1. The van der Waals surface area contributed by atoms with Crippen LogP contribution in [0.25, 0.3) is 0 Å². The van der Waals surface area contributed by atoms with Gasteiger partial charge < -0.3 is 4.90 Å². The van der Waals surface area contributed by atoms with E-state index < -0.39 is 0 Å². The van der Waals surface area contributed by atoms with E-state index in [1.165, 1.54) is 0 Å². The Balaban J connectivity index is 2.06. The molecule has 0 saturated heterocycles. The van der Waals surface area contributed by atoms with Crippen LogP contribution in [-0.2, 0) is 0 Å². The normalized spacial score (nSPS) is 13.6. The first-order valence-electron chi connectivity index (χ1n) is 5.56. The predicted molar refractivity (Wildman–Crippen MR) is 77.5 cm³/mol. The summed E-state index contributed by atoms with van der Waals surface area (Å²) in [6.07, 6.45) is 1.85. The van der Waals surface area contributed by atoms with E-state index in [1.807, 2.05) is 48.7 Å². The quantitative estimate of drug-likeness (QED) is 0.748. The maximum atomic E-state index is 5.99. The summed E-state index contributed by atoms with van der Waals surface area (Å²) in [7, 11) is 0. The third kappa shape index (κ3) is 2.09. The van der Waals surface area contributed by atoms with Crippen LogP contribution in [0.2, 0.25) is 10.0 Å². The summed E-state index contributed by atoms with van der Waals surface area (Å²) < 4.78 is 0. The molecule has 0 unspecified atom stereocenters. The van der Waals surface area contributed by atoms with Crippen molar-refractivity contribution in [2.75, 3.05) is 11.6 Å². The second-order valence-electron chi connectivity index (χ2n) is 4.06. The van der Waals surface area contributed by atoms with Crippen LogP contribution in [0.1, 0.15) is 5.56 Å². The number of rotatable bonds is 1. The Labute approximate surface area is 115 Å². The molecule has 2 nitrogen and oxygen atoms in total. The predicted octanol–water partition coefficient (Wildman–Crippen LogP) is 4.52. The molecule has 1 aliphatic heterocycles. The van der Waals surface area contributed by atoms with Crippen molar-refractivity contribution in [1.82, 2.24) is 0 Å². The van der Waals surface area contributed by atoms with Gasteiger partial charge in [0, 0.05) is 27.5 Å². The van der Waals surface area contributed by atoms with E-state index in [1.54, 1.807) is 0 Å². The van der Waals surface area contributed by atoms with Crippen molar-refractivity contribution < 1.29 is 0 Å². The molecule has 4 heteroatoms. The first kappa shape index (κ1) is 11.6. The van der Waals surface area contributed by atoms with Gasteiger partial charge in [-0.3, -0.25) is 4.99 Å². The molecule has 0 bridgehead atoms. The first-order chi connectivity index (χ1) is 8.74. The molecule has 0 amide bonds. The third-order valence-electron chi connectivity index (χ3n) is 2.87. The molecule has 0 fully saturated rings. The number of halogens is 2.